The van der Waals surface area contributed by atoms with Crippen LogP contribution < -0.4 is 5.32 Å². The normalized spacial score (nSPS) is 19.1. The number of carbonyl (C=O) groups is 1. The monoisotopic (exact) mass is 1120 g/mol. The zero-order valence-corrected chi connectivity index (χ0v) is 51.8. The number of amides is 1. The molecule has 8 unspecified atom stereocenters. The van der Waals surface area contributed by atoms with E-state index >= 15 is 0 Å². The SMILES string of the molecule is CCCCCCCCCCCC/C=C/CC/C=C/C(O)C(COC1OC(CO)C(O)C(O)C1O)NC(=O)C(O)CCCCCCCCCCCCCCCCCC/C=C\CCCCCCCCCCCCCCCCCCCC. The fraction of sp³-hybridized carbons (Fsp3) is 0.899. The van der Waals surface area contributed by atoms with Gasteiger partial charge in [0.25, 0.3) is 0 Å². The Kier molecular flexibility index (Phi) is 55.5. The Labute approximate surface area is 487 Å². The number of hydrogen-bond donors (Lipinski definition) is 7. The summed E-state index contributed by atoms with van der Waals surface area (Å²) < 4.78 is 11.2. The van der Waals surface area contributed by atoms with E-state index in [0.29, 0.717) is 19.3 Å². The number of carbonyl (C=O) groups excluding carboxylic acids is 1. The van der Waals surface area contributed by atoms with Gasteiger partial charge in [0.15, 0.2) is 6.29 Å². The molecule has 1 aliphatic rings. The van der Waals surface area contributed by atoms with Crippen LogP contribution in [-0.4, -0.2) is 98.7 Å². The van der Waals surface area contributed by atoms with E-state index in [1.165, 1.54) is 270 Å². The first-order valence-electron chi connectivity index (χ1n) is 34.3. The van der Waals surface area contributed by atoms with Gasteiger partial charge in [-0.2, -0.15) is 0 Å². The second-order valence-electron chi connectivity index (χ2n) is 24.1. The number of aliphatic hydroxyl groups is 6. The van der Waals surface area contributed by atoms with Crippen molar-refractivity contribution < 1.29 is 44.9 Å². The maximum absolute atomic E-state index is 13.2. The molecule has 0 bridgehead atoms. The van der Waals surface area contributed by atoms with Crippen LogP contribution >= 0.6 is 0 Å². The predicted molar refractivity (Wildman–Crippen MR) is 333 cm³/mol. The van der Waals surface area contributed by atoms with E-state index in [-0.39, 0.29) is 6.61 Å². The minimum atomic E-state index is -1.62. The number of aliphatic hydroxyl groups excluding tert-OH is 6. The van der Waals surface area contributed by atoms with Gasteiger partial charge in [-0.1, -0.05) is 314 Å². The molecule has 466 valence electrons. The number of ether oxygens (including phenoxy) is 2. The highest BCUT2D eigenvalue weighted by Crippen LogP contribution is 2.23. The number of hydrogen-bond acceptors (Lipinski definition) is 9. The molecule has 1 aliphatic heterocycles. The summed E-state index contributed by atoms with van der Waals surface area (Å²) in [5.41, 5.74) is 0. The van der Waals surface area contributed by atoms with Crippen LogP contribution in [0.25, 0.3) is 0 Å². The molecule has 0 aromatic rings. The summed E-state index contributed by atoms with van der Waals surface area (Å²) in [5, 5.41) is 65.1. The minimum Gasteiger partial charge on any atom is -0.394 e. The highest BCUT2D eigenvalue weighted by atomic mass is 16.7. The van der Waals surface area contributed by atoms with Crippen molar-refractivity contribution in [2.24, 2.45) is 0 Å². The van der Waals surface area contributed by atoms with Crippen LogP contribution in [0.3, 0.4) is 0 Å². The van der Waals surface area contributed by atoms with Crippen LogP contribution in [0.15, 0.2) is 36.5 Å². The highest BCUT2D eigenvalue weighted by Gasteiger charge is 2.44. The van der Waals surface area contributed by atoms with Gasteiger partial charge in [-0.05, 0) is 57.8 Å². The first-order valence-corrected chi connectivity index (χ1v) is 34.3. The van der Waals surface area contributed by atoms with Crippen LogP contribution in [0.4, 0.5) is 0 Å². The zero-order valence-electron chi connectivity index (χ0n) is 51.8. The van der Waals surface area contributed by atoms with Gasteiger partial charge in [-0.3, -0.25) is 4.79 Å². The molecule has 10 heteroatoms. The van der Waals surface area contributed by atoms with Crippen LogP contribution in [0, 0.1) is 0 Å². The van der Waals surface area contributed by atoms with E-state index in [0.717, 1.165) is 32.1 Å². The molecule has 10 nitrogen and oxygen atoms in total. The Hall–Kier alpha value is -1.63. The summed E-state index contributed by atoms with van der Waals surface area (Å²) in [6, 6.07) is -0.997. The van der Waals surface area contributed by atoms with Gasteiger partial charge in [0.05, 0.1) is 25.4 Å². The second kappa shape index (κ2) is 58.2. The van der Waals surface area contributed by atoms with Gasteiger partial charge in [0.2, 0.25) is 5.91 Å². The fourth-order valence-electron chi connectivity index (χ4n) is 11.1. The van der Waals surface area contributed by atoms with Crippen LogP contribution in [0.5, 0.6) is 0 Å². The van der Waals surface area contributed by atoms with Gasteiger partial charge in [-0.25, -0.2) is 0 Å². The summed E-state index contributed by atoms with van der Waals surface area (Å²) in [4.78, 5) is 13.2. The fourth-order valence-corrected chi connectivity index (χ4v) is 11.1. The molecule has 1 amide bonds. The molecule has 0 radical (unpaired) electrons. The van der Waals surface area contributed by atoms with Crippen molar-refractivity contribution in [2.75, 3.05) is 13.2 Å². The van der Waals surface area contributed by atoms with Crippen molar-refractivity contribution in [3.05, 3.63) is 36.5 Å². The summed E-state index contributed by atoms with van der Waals surface area (Å²) in [6.07, 6.45) is 67.3. The topological polar surface area (TPSA) is 169 Å². The van der Waals surface area contributed by atoms with Gasteiger partial charge < -0.3 is 45.4 Å². The molecule has 1 rings (SSSR count). The zero-order chi connectivity index (χ0) is 57.3. The lowest BCUT2D eigenvalue weighted by Crippen LogP contribution is -2.60. The third-order valence-electron chi connectivity index (χ3n) is 16.5. The Bertz CT molecular complexity index is 1360. The maximum Gasteiger partial charge on any atom is 0.249 e. The predicted octanol–water partition coefficient (Wildman–Crippen LogP) is 17.2. The van der Waals surface area contributed by atoms with E-state index in [1.807, 2.05) is 6.08 Å². The van der Waals surface area contributed by atoms with Crippen molar-refractivity contribution in [2.45, 2.75) is 384 Å². The molecule has 0 aromatic heterocycles. The van der Waals surface area contributed by atoms with Crippen molar-refractivity contribution in [3.63, 3.8) is 0 Å². The van der Waals surface area contributed by atoms with E-state index in [2.05, 4.69) is 43.5 Å². The van der Waals surface area contributed by atoms with Crippen LogP contribution in [-0.2, 0) is 14.3 Å². The smallest absolute Gasteiger partial charge is 0.249 e. The molecule has 0 saturated carbocycles. The highest BCUT2D eigenvalue weighted by molar-refractivity contribution is 5.80. The Balaban J connectivity index is 2.09. The lowest BCUT2D eigenvalue weighted by Gasteiger charge is -2.40. The lowest BCUT2D eigenvalue weighted by atomic mass is 9.99. The van der Waals surface area contributed by atoms with Gasteiger partial charge in [0, 0.05) is 0 Å². The first-order chi connectivity index (χ1) is 38.8. The van der Waals surface area contributed by atoms with Crippen LogP contribution in [0.1, 0.15) is 335 Å². The summed E-state index contributed by atoms with van der Waals surface area (Å²) >= 11 is 0. The largest absolute Gasteiger partial charge is 0.394 e. The minimum absolute atomic E-state index is 0.306. The van der Waals surface area contributed by atoms with Crippen molar-refractivity contribution in [1.82, 2.24) is 5.32 Å². The number of nitrogens with one attached hydrogen (secondary N) is 1. The van der Waals surface area contributed by atoms with E-state index < -0.39 is 61.5 Å². The Morgan fingerprint density at radius 1 is 0.430 bits per heavy atom. The Morgan fingerprint density at radius 3 is 1.10 bits per heavy atom. The summed E-state index contributed by atoms with van der Waals surface area (Å²) in [5.74, 6) is -0.621. The maximum atomic E-state index is 13.2. The molecule has 79 heavy (non-hydrogen) atoms. The average Bonchev–Trinajstić information content (AvgIpc) is 3.45. The van der Waals surface area contributed by atoms with Gasteiger partial charge >= 0.3 is 0 Å². The number of rotatable bonds is 60. The standard InChI is InChI=1S/C69H131NO9/c1-3-5-7-9-11-13-15-17-19-21-22-23-24-25-26-27-28-29-30-31-32-33-34-35-36-37-38-39-40-41-42-44-46-48-50-52-54-56-58-63(73)68(77)70-61(60-78-69-67(76)66(75)65(74)64(59-71)79-69)62(72)57-55-53-51-49-47-45-43-20-18-16-14-12-10-8-6-4-2/h31-32,47,49,55,57,61-67,69,71-76H,3-30,33-46,48,50-54,56,58-60H2,1-2H3,(H,70,77)/b32-31-,49-47+,57-55+. The van der Waals surface area contributed by atoms with Crippen molar-refractivity contribution >= 4 is 5.91 Å². The summed E-state index contributed by atoms with van der Waals surface area (Å²) in [7, 11) is 0. The molecular formula is C69H131NO9. The number of allylic oxidation sites excluding steroid dienone is 5. The quantitative estimate of drug-likeness (QED) is 0.0232. The molecule has 7 N–H and O–H groups in total. The average molecular weight is 1120 g/mol. The Morgan fingerprint density at radius 2 is 0.747 bits per heavy atom. The van der Waals surface area contributed by atoms with E-state index in [9.17, 15) is 35.4 Å². The van der Waals surface area contributed by atoms with Crippen molar-refractivity contribution in [3.8, 4) is 0 Å². The summed E-state index contributed by atoms with van der Waals surface area (Å²) in [6.45, 7) is 3.64. The molecule has 1 saturated heterocycles. The van der Waals surface area contributed by atoms with Gasteiger partial charge in [0.1, 0.15) is 30.5 Å². The molecule has 1 fully saturated rings. The van der Waals surface area contributed by atoms with Crippen LogP contribution in [0.2, 0.25) is 0 Å². The molecule has 1 heterocycles. The second-order valence-corrected chi connectivity index (χ2v) is 24.1. The third kappa shape index (κ3) is 46.4. The molecule has 8 atom stereocenters. The number of unbranched alkanes of at least 4 members (excludes halogenated alkanes) is 45. The van der Waals surface area contributed by atoms with Crippen molar-refractivity contribution in [1.29, 1.82) is 0 Å². The van der Waals surface area contributed by atoms with E-state index in [1.54, 1.807) is 6.08 Å². The molecular weight excluding hydrogens is 987 g/mol. The lowest BCUT2D eigenvalue weighted by molar-refractivity contribution is -0.302. The third-order valence-corrected chi connectivity index (χ3v) is 16.5. The molecule has 0 spiro atoms. The van der Waals surface area contributed by atoms with E-state index in [4.69, 9.17) is 9.47 Å². The molecule has 0 aromatic carbocycles. The molecule has 0 aliphatic carbocycles. The van der Waals surface area contributed by atoms with Gasteiger partial charge in [-0.15, -0.1) is 0 Å². The first kappa shape index (κ1) is 75.4.